The van der Waals surface area contributed by atoms with E-state index in [9.17, 15) is 0 Å². The number of hydrogen-bond acceptors (Lipinski definition) is 3. The summed E-state index contributed by atoms with van der Waals surface area (Å²) < 4.78 is 5.48. The van der Waals surface area contributed by atoms with E-state index >= 15 is 0 Å². The fraction of sp³-hybridized carbons (Fsp3) is 0.615. The zero-order valence-electron chi connectivity index (χ0n) is 9.82. The van der Waals surface area contributed by atoms with E-state index in [1.165, 1.54) is 29.9 Å². The predicted octanol–water partition coefficient (Wildman–Crippen LogP) is 3.05. The number of hydrogen-bond donors (Lipinski definition) is 0. The van der Waals surface area contributed by atoms with Crippen molar-refractivity contribution in [1.82, 2.24) is 4.98 Å². The molecule has 0 unspecified atom stereocenters. The highest BCUT2D eigenvalue weighted by Gasteiger charge is 2.13. The first-order valence-corrected chi connectivity index (χ1v) is 7.07. The lowest BCUT2D eigenvalue weighted by Gasteiger charge is -2.21. The lowest BCUT2D eigenvalue weighted by Crippen LogP contribution is -2.19. The van der Waals surface area contributed by atoms with Crippen molar-refractivity contribution in [2.24, 2.45) is 5.92 Å². The first-order chi connectivity index (χ1) is 7.86. The highest BCUT2D eigenvalue weighted by molar-refractivity contribution is 7.98. The van der Waals surface area contributed by atoms with Crippen LogP contribution in [0.15, 0.2) is 18.3 Å². The van der Waals surface area contributed by atoms with Gasteiger partial charge in [0.15, 0.2) is 0 Å². The maximum atomic E-state index is 5.48. The van der Waals surface area contributed by atoms with Gasteiger partial charge in [-0.05, 0) is 43.1 Å². The van der Waals surface area contributed by atoms with Crippen LogP contribution in [0.4, 0.5) is 0 Å². The Morgan fingerprint density at radius 3 is 3.25 bits per heavy atom. The SMILES string of the molecule is Cc1cccnc1CSC[C@@H]1CCCOC1. The molecule has 0 spiro atoms. The Kier molecular flexibility index (Phi) is 4.67. The Balaban J connectivity index is 1.73. The molecule has 1 aliphatic rings. The monoisotopic (exact) mass is 237 g/mol. The van der Waals surface area contributed by atoms with E-state index in [2.05, 4.69) is 18.0 Å². The van der Waals surface area contributed by atoms with Crippen LogP contribution in [0.25, 0.3) is 0 Å². The van der Waals surface area contributed by atoms with Crippen LogP contribution in [0.2, 0.25) is 0 Å². The van der Waals surface area contributed by atoms with E-state index < -0.39 is 0 Å². The number of thioether (sulfide) groups is 1. The van der Waals surface area contributed by atoms with Crippen LogP contribution < -0.4 is 0 Å². The molecule has 88 valence electrons. The van der Waals surface area contributed by atoms with Crippen LogP contribution in [0.1, 0.15) is 24.1 Å². The van der Waals surface area contributed by atoms with Gasteiger partial charge in [-0.25, -0.2) is 0 Å². The predicted molar refractivity (Wildman–Crippen MR) is 68.7 cm³/mol. The number of aromatic nitrogens is 1. The normalized spacial score (nSPS) is 20.9. The van der Waals surface area contributed by atoms with E-state index in [-0.39, 0.29) is 0 Å². The molecule has 16 heavy (non-hydrogen) atoms. The average Bonchev–Trinajstić information content (AvgIpc) is 2.33. The molecule has 2 heterocycles. The molecule has 1 aliphatic heterocycles. The zero-order chi connectivity index (χ0) is 11.2. The third kappa shape index (κ3) is 3.49. The highest BCUT2D eigenvalue weighted by atomic mass is 32.2. The van der Waals surface area contributed by atoms with Crippen molar-refractivity contribution in [1.29, 1.82) is 0 Å². The van der Waals surface area contributed by atoms with Gasteiger partial charge in [0.25, 0.3) is 0 Å². The summed E-state index contributed by atoms with van der Waals surface area (Å²) in [6.45, 7) is 4.04. The van der Waals surface area contributed by atoms with E-state index in [4.69, 9.17) is 4.74 Å². The second-order valence-corrected chi connectivity index (χ2v) is 5.40. The molecular weight excluding hydrogens is 218 g/mol. The van der Waals surface area contributed by atoms with Crippen LogP contribution in [0.5, 0.6) is 0 Å². The number of nitrogens with zero attached hydrogens (tertiary/aromatic N) is 1. The van der Waals surface area contributed by atoms with Gasteiger partial charge in [0.2, 0.25) is 0 Å². The molecule has 2 rings (SSSR count). The summed E-state index contributed by atoms with van der Waals surface area (Å²) in [6.07, 6.45) is 4.44. The molecule has 0 amide bonds. The fourth-order valence-corrected chi connectivity index (χ4v) is 3.14. The van der Waals surface area contributed by atoms with Crippen LogP contribution in [0, 0.1) is 12.8 Å². The quantitative estimate of drug-likeness (QED) is 0.803. The molecule has 0 N–H and O–H groups in total. The minimum atomic E-state index is 0.753. The van der Waals surface area contributed by atoms with Gasteiger partial charge >= 0.3 is 0 Å². The largest absolute Gasteiger partial charge is 0.381 e. The Bertz CT molecular complexity index is 323. The van der Waals surface area contributed by atoms with Gasteiger partial charge in [-0.3, -0.25) is 4.98 Å². The van der Waals surface area contributed by atoms with E-state index in [0.717, 1.165) is 24.9 Å². The van der Waals surface area contributed by atoms with Gasteiger partial charge in [0, 0.05) is 18.6 Å². The number of ether oxygens (including phenoxy) is 1. The summed E-state index contributed by atoms with van der Waals surface area (Å²) in [4.78, 5) is 4.41. The van der Waals surface area contributed by atoms with Crippen LogP contribution in [-0.2, 0) is 10.5 Å². The Morgan fingerprint density at radius 2 is 2.50 bits per heavy atom. The number of aryl methyl sites for hydroxylation is 1. The van der Waals surface area contributed by atoms with Crippen LogP contribution in [-0.4, -0.2) is 24.0 Å². The number of rotatable bonds is 4. The van der Waals surface area contributed by atoms with Crippen molar-refractivity contribution in [3.05, 3.63) is 29.6 Å². The van der Waals surface area contributed by atoms with Gasteiger partial charge in [-0.2, -0.15) is 11.8 Å². The third-order valence-corrected chi connectivity index (χ3v) is 4.15. The molecule has 0 aromatic carbocycles. The van der Waals surface area contributed by atoms with Crippen molar-refractivity contribution < 1.29 is 4.74 Å². The molecule has 0 aliphatic carbocycles. The van der Waals surface area contributed by atoms with Crippen molar-refractivity contribution in [2.75, 3.05) is 19.0 Å². The summed E-state index contributed by atoms with van der Waals surface area (Å²) in [6, 6.07) is 4.13. The molecule has 3 heteroatoms. The molecule has 1 saturated heterocycles. The van der Waals surface area contributed by atoms with Crippen molar-refractivity contribution in [2.45, 2.75) is 25.5 Å². The molecule has 1 aromatic heterocycles. The third-order valence-electron chi connectivity index (χ3n) is 2.96. The fourth-order valence-electron chi connectivity index (χ4n) is 1.93. The van der Waals surface area contributed by atoms with Crippen LogP contribution >= 0.6 is 11.8 Å². The first-order valence-electron chi connectivity index (χ1n) is 5.92. The lowest BCUT2D eigenvalue weighted by atomic mass is 10.1. The Hall–Kier alpha value is -0.540. The van der Waals surface area contributed by atoms with Gasteiger partial charge in [-0.1, -0.05) is 6.07 Å². The summed E-state index contributed by atoms with van der Waals surface area (Å²) in [5.41, 5.74) is 2.53. The van der Waals surface area contributed by atoms with Crippen molar-refractivity contribution >= 4 is 11.8 Å². The highest BCUT2D eigenvalue weighted by Crippen LogP contribution is 2.21. The molecule has 0 saturated carbocycles. The second kappa shape index (κ2) is 6.26. The maximum Gasteiger partial charge on any atom is 0.0531 e. The number of pyridine rings is 1. The standard InChI is InChI=1S/C13H19NOS/c1-11-4-2-6-14-13(11)10-16-9-12-5-3-7-15-8-12/h2,4,6,12H,3,5,7-10H2,1H3/t12-/m1/s1. The summed E-state index contributed by atoms with van der Waals surface area (Å²) in [7, 11) is 0. The molecule has 0 radical (unpaired) electrons. The van der Waals surface area contributed by atoms with Gasteiger partial charge < -0.3 is 4.74 Å². The van der Waals surface area contributed by atoms with Gasteiger partial charge in [-0.15, -0.1) is 0 Å². The van der Waals surface area contributed by atoms with E-state index in [0.29, 0.717) is 0 Å². The summed E-state index contributed by atoms with van der Waals surface area (Å²) in [5.74, 6) is 2.99. The summed E-state index contributed by atoms with van der Waals surface area (Å²) >= 11 is 1.98. The smallest absolute Gasteiger partial charge is 0.0531 e. The van der Waals surface area contributed by atoms with E-state index in [1.54, 1.807) is 0 Å². The van der Waals surface area contributed by atoms with E-state index in [1.807, 2.05) is 24.0 Å². The minimum Gasteiger partial charge on any atom is -0.381 e. The van der Waals surface area contributed by atoms with Gasteiger partial charge in [0.05, 0.1) is 12.3 Å². The molecule has 0 bridgehead atoms. The Morgan fingerprint density at radius 1 is 1.56 bits per heavy atom. The van der Waals surface area contributed by atoms with Crippen LogP contribution in [0.3, 0.4) is 0 Å². The first kappa shape index (κ1) is 11.9. The molecule has 2 nitrogen and oxygen atoms in total. The Labute approximate surface area is 102 Å². The van der Waals surface area contributed by atoms with Gasteiger partial charge in [0.1, 0.15) is 0 Å². The molecule has 1 atom stereocenters. The zero-order valence-corrected chi connectivity index (χ0v) is 10.6. The topological polar surface area (TPSA) is 22.1 Å². The molecular formula is C13H19NOS. The van der Waals surface area contributed by atoms with Crippen molar-refractivity contribution in [3.63, 3.8) is 0 Å². The average molecular weight is 237 g/mol. The second-order valence-electron chi connectivity index (χ2n) is 4.37. The maximum absolute atomic E-state index is 5.48. The molecule has 1 aromatic rings. The molecule has 1 fully saturated rings. The van der Waals surface area contributed by atoms with Crippen molar-refractivity contribution in [3.8, 4) is 0 Å². The summed E-state index contributed by atoms with van der Waals surface area (Å²) in [5, 5.41) is 0. The minimum absolute atomic E-state index is 0.753. The lowest BCUT2D eigenvalue weighted by molar-refractivity contribution is 0.0632.